The van der Waals surface area contributed by atoms with Crippen molar-refractivity contribution in [1.82, 2.24) is 10.6 Å². The molecular formula is C10H19N3O3. The molecule has 0 aromatic heterocycles. The molecule has 1 fully saturated rings. The molecule has 0 spiro atoms. The Bertz CT molecular complexity index is 298. The highest BCUT2D eigenvalue weighted by atomic mass is 16.4. The Hall–Kier alpha value is -1.14. The quantitative estimate of drug-likeness (QED) is 0.470. The van der Waals surface area contributed by atoms with Crippen molar-refractivity contribution in [2.45, 2.75) is 37.8 Å². The normalized spacial score (nSPS) is 18.9. The number of carboxylic acid groups (broad SMARTS) is 1. The fraction of sp³-hybridized carbons (Fsp3) is 0.800. The van der Waals surface area contributed by atoms with Crippen LogP contribution in [0.2, 0.25) is 0 Å². The zero-order valence-corrected chi connectivity index (χ0v) is 9.67. The number of nitrogens with one attached hydrogen (secondary N) is 2. The smallest absolute Gasteiger partial charge is 0.305 e. The van der Waals surface area contributed by atoms with E-state index in [2.05, 4.69) is 10.6 Å². The lowest BCUT2D eigenvalue weighted by atomic mass is 9.84. The van der Waals surface area contributed by atoms with Crippen molar-refractivity contribution in [2.24, 2.45) is 5.73 Å². The first-order chi connectivity index (χ1) is 7.25. The molecule has 0 atom stereocenters. The molecule has 0 aromatic carbocycles. The molecule has 1 heterocycles. The van der Waals surface area contributed by atoms with Crippen LogP contribution in [0.25, 0.3) is 0 Å². The lowest BCUT2D eigenvalue weighted by Crippen LogP contribution is -2.72. The van der Waals surface area contributed by atoms with E-state index in [0.717, 1.165) is 0 Å². The van der Waals surface area contributed by atoms with E-state index in [1.807, 2.05) is 13.8 Å². The van der Waals surface area contributed by atoms with Gasteiger partial charge in [0.25, 0.3) is 0 Å². The van der Waals surface area contributed by atoms with Gasteiger partial charge in [0.1, 0.15) is 0 Å². The second-order valence-corrected chi connectivity index (χ2v) is 5.11. The van der Waals surface area contributed by atoms with Gasteiger partial charge in [-0.25, -0.2) is 0 Å². The molecule has 16 heavy (non-hydrogen) atoms. The van der Waals surface area contributed by atoms with Crippen molar-refractivity contribution < 1.29 is 14.7 Å². The first-order valence-electron chi connectivity index (χ1n) is 5.25. The topological polar surface area (TPSA) is 104 Å². The fourth-order valence-electron chi connectivity index (χ4n) is 2.17. The molecule has 0 aromatic rings. The maximum Gasteiger partial charge on any atom is 0.305 e. The third-order valence-corrected chi connectivity index (χ3v) is 2.64. The molecule has 0 bridgehead atoms. The molecule has 1 amide bonds. The van der Waals surface area contributed by atoms with Crippen molar-refractivity contribution in [1.29, 1.82) is 0 Å². The SMILES string of the molecule is CC(C)(CC(N)=O)NC1(CC(=O)O)CNC1. The molecule has 6 heteroatoms. The molecule has 0 unspecified atom stereocenters. The van der Waals surface area contributed by atoms with Gasteiger partial charge in [-0.15, -0.1) is 0 Å². The van der Waals surface area contributed by atoms with Crippen LogP contribution in [-0.2, 0) is 9.59 Å². The van der Waals surface area contributed by atoms with Crippen molar-refractivity contribution in [3.05, 3.63) is 0 Å². The maximum atomic E-state index is 10.9. The Morgan fingerprint density at radius 1 is 1.50 bits per heavy atom. The van der Waals surface area contributed by atoms with E-state index >= 15 is 0 Å². The van der Waals surface area contributed by atoms with Gasteiger partial charge in [-0.3, -0.25) is 9.59 Å². The monoisotopic (exact) mass is 229 g/mol. The second kappa shape index (κ2) is 4.39. The number of primary amides is 1. The second-order valence-electron chi connectivity index (χ2n) is 5.11. The third kappa shape index (κ3) is 3.46. The van der Waals surface area contributed by atoms with E-state index in [1.165, 1.54) is 0 Å². The summed E-state index contributed by atoms with van der Waals surface area (Å²) in [6.07, 6.45) is 0.233. The molecule has 1 aliphatic heterocycles. The number of hydrogen-bond donors (Lipinski definition) is 4. The van der Waals surface area contributed by atoms with Gasteiger partial charge in [0, 0.05) is 25.0 Å². The van der Waals surface area contributed by atoms with E-state index in [9.17, 15) is 9.59 Å². The maximum absolute atomic E-state index is 10.9. The summed E-state index contributed by atoms with van der Waals surface area (Å²) in [5.74, 6) is -1.24. The Balaban J connectivity index is 2.61. The highest BCUT2D eigenvalue weighted by Crippen LogP contribution is 2.22. The number of amides is 1. The largest absolute Gasteiger partial charge is 0.481 e. The zero-order valence-electron chi connectivity index (χ0n) is 9.67. The van der Waals surface area contributed by atoms with E-state index < -0.39 is 23.0 Å². The van der Waals surface area contributed by atoms with Crippen LogP contribution in [0.5, 0.6) is 0 Å². The molecular weight excluding hydrogens is 210 g/mol. The molecule has 0 saturated carbocycles. The Labute approximate surface area is 94.6 Å². The van der Waals surface area contributed by atoms with E-state index in [-0.39, 0.29) is 12.8 Å². The number of carbonyl (C=O) groups is 2. The minimum Gasteiger partial charge on any atom is -0.481 e. The minimum atomic E-state index is -0.844. The first kappa shape index (κ1) is 12.9. The molecule has 1 rings (SSSR count). The van der Waals surface area contributed by atoms with Crippen LogP contribution in [0.3, 0.4) is 0 Å². The number of hydrogen-bond acceptors (Lipinski definition) is 4. The van der Waals surface area contributed by atoms with Crippen LogP contribution in [-0.4, -0.2) is 41.2 Å². The van der Waals surface area contributed by atoms with Gasteiger partial charge in [0.05, 0.1) is 12.0 Å². The summed E-state index contributed by atoms with van der Waals surface area (Å²) in [6, 6.07) is 0. The Morgan fingerprint density at radius 3 is 2.38 bits per heavy atom. The van der Waals surface area contributed by atoms with Gasteiger partial charge >= 0.3 is 5.97 Å². The van der Waals surface area contributed by atoms with E-state index in [0.29, 0.717) is 13.1 Å². The van der Waals surface area contributed by atoms with Crippen LogP contribution in [0.1, 0.15) is 26.7 Å². The van der Waals surface area contributed by atoms with Crippen LogP contribution < -0.4 is 16.4 Å². The van der Waals surface area contributed by atoms with Gasteiger partial charge < -0.3 is 21.5 Å². The predicted octanol–water partition coefficient (Wildman–Crippen LogP) is -0.953. The van der Waals surface area contributed by atoms with Gasteiger partial charge in [-0.1, -0.05) is 0 Å². The van der Waals surface area contributed by atoms with E-state index in [4.69, 9.17) is 10.8 Å². The lowest BCUT2D eigenvalue weighted by Gasteiger charge is -2.47. The van der Waals surface area contributed by atoms with E-state index in [1.54, 1.807) is 0 Å². The van der Waals surface area contributed by atoms with Crippen molar-refractivity contribution in [2.75, 3.05) is 13.1 Å². The number of rotatable bonds is 6. The molecule has 92 valence electrons. The summed E-state index contributed by atoms with van der Waals surface area (Å²) in [7, 11) is 0. The Morgan fingerprint density at radius 2 is 2.06 bits per heavy atom. The van der Waals surface area contributed by atoms with Gasteiger partial charge in [-0.05, 0) is 13.8 Å². The Kier molecular flexibility index (Phi) is 3.54. The molecule has 0 radical (unpaired) electrons. The van der Waals surface area contributed by atoms with Crippen molar-refractivity contribution >= 4 is 11.9 Å². The van der Waals surface area contributed by atoms with Crippen molar-refractivity contribution in [3.8, 4) is 0 Å². The minimum absolute atomic E-state index is 0.0438. The predicted molar refractivity (Wildman–Crippen MR) is 58.9 cm³/mol. The van der Waals surface area contributed by atoms with Gasteiger partial charge in [0.2, 0.25) is 5.91 Å². The average molecular weight is 229 g/mol. The molecule has 5 N–H and O–H groups in total. The molecule has 6 nitrogen and oxygen atoms in total. The van der Waals surface area contributed by atoms with Crippen LogP contribution >= 0.6 is 0 Å². The summed E-state index contributed by atoms with van der Waals surface area (Å²) >= 11 is 0. The highest BCUT2D eigenvalue weighted by molar-refractivity contribution is 5.75. The van der Waals surface area contributed by atoms with Crippen LogP contribution in [0.4, 0.5) is 0 Å². The van der Waals surface area contributed by atoms with Crippen molar-refractivity contribution in [3.63, 3.8) is 0 Å². The lowest BCUT2D eigenvalue weighted by molar-refractivity contribution is -0.139. The van der Waals surface area contributed by atoms with Gasteiger partial charge in [-0.2, -0.15) is 0 Å². The fourth-order valence-corrected chi connectivity index (χ4v) is 2.17. The molecule has 1 aliphatic rings. The summed E-state index contributed by atoms with van der Waals surface area (Å²) in [6.45, 7) is 4.89. The summed E-state index contributed by atoms with van der Waals surface area (Å²) in [4.78, 5) is 21.6. The van der Waals surface area contributed by atoms with Crippen LogP contribution in [0.15, 0.2) is 0 Å². The number of nitrogens with two attached hydrogens (primary N) is 1. The number of carbonyl (C=O) groups excluding carboxylic acids is 1. The summed E-state index contributed by atoms with van der Waals surface area (Å²) < 4.78 is 0. The number of aliphatic carboxylic acids is 1. The first-order valence-corrected chi connectivity index (χ1v) is 5.25. The molecule has 0 aliphatic carbocycles. The number of carboxylic acids is 1. The highest BCUT2D eigenvalue weighted by Gasteiger charge is 2.42. The average Bonchev–Trinajstić information content (AvgIpc) is 1.95. The summed E-state index contributed by atoms with van der Waals surface area (Å²) in [5, 5.41) is 15.1. The van der Waals surface area contributed by atoms with Gasteiger partial charge in [0.15, 0.2) is 0 Å². The summed E-state index contributed by atoms with van der Waals surface area (Å²) in [5.41, 5.74) is 4.21. The standard InChI is InChI=1S/C10H19N3O3/c1-9(2,3-7(11)14)13-10(4-8(15)16)5-12-6-10/h12-13H,3-6H2,1-2H3,(H2,11,14)(H,15,16). The van der Waals surface area contributed by atoms with Crippen LogP contribution in [0, 0.1) is 0 Å². The zero-order chi connectivity index (χ0) is 12.4. The third-order valence-electron chi connectivity index (χ3n) is 2.64. The molecule has 1 saturated heterocycles.